The lowest BCUT2D eigenvalue weighted by molar-refractivity contribution is -0.118. The number of amides is 1. The van der Waals surface area contributed by atoms with Crippen molar-refractivity contribution in [2.45, 2.75) is 12.2 Å². The van der Waals surface area contributed by atoms with E-state index in [4.69, 9.17) is 0 Å². The van der Waals surface area contributed by atoms with Gasteiger partial charge in [0.15, 0.2) is 0 Å². The van der Waals surface area contributed by atoms with Crippen molar-refractivity contribution in [3.05, 3.63) is 60.3 Å². The quantitative estimate of drug-likeness (QED) is 0.560. The highest BCUT2D eigenvalue weighted by Crippen LogP contribution is 2.15. The van der Waals surface area contributed by atoms with Crippen molar-refractivity contribution >= 4 is 33.5 Å². The van der Waals surface area contributed by atoms with Gasteiger partial charge in [-0.1, -0.05) is 36.4 Å². The Morgan fingerprint density at radius 1 is 1.03 bits per heavy atom. The van der Waals surface area contributed by atoms with E-state index in [-0.39, 0.29) is 11.7 Å². The first-order chi connectivity index (χ1) is 14.5. The van der Waals surface area contributed by atoms with E-state index in [1.165, 1.54) is 5.56 Å². The van der Waals surface area contributed by atoms with Crippen LogP contribution < -0.4 is 10.2 Å². The fourth-order valence-electron chi connectivity index (χ4n) is 3.23. The molecule has 1 fully saturated rings. The van der Waals surface area contributed by atoms with Crippen molar-refractivity contribution in [2.24, 2.45) is 0 Å². The Morgan fingerprint density at radius 3 is 2.47 bits per heavy atom. The van der Waals surface area contributed by atoms with Crippen molar-refractivity contribution in [1.29, 1.82) is 0 Å². The average Bonchev–Trinajstić information content (AvgIpc) is 2.78. The number of nitrogens with one attached hydrogen (secondary N) is 1. The Kier molecular flexibility index (Phi) is 8.53. The van der Waals surface area contributed by atoms with Crippen LogP contribution in [0.1, 0.15) is 12.0 Å². The Balaban J connectivity index is 1.31. The first kappa shape index (κ1) is 22.6. The molecule has 0 saturated carbocycles. The van der Waals surface area contributed by atoms with Crippen molar-refractivity contribution in [2.75, 3.05) is 49.1 Å². The second-order valence-electron chi connectivity index (χ2n) is 7.07. The van der Waals surface area contributed by atoms with Crippen LogP contribution in [0.25, 0.3) is 0 Å². The lowest BCUT2D eigenvalue weighted by atomic mass is 10.2. The highest BCUT2D eigenvalue weighted by molar-refractivity contribution is 7.99. The monoisotopic (exact) mass is 448 g/mol. The summed E-state index contributed by atoms with van der Waals surface area (Å²) in [6.45, 7) is 2.55. The minimum absolute atomic E-state index is 0.0496. The molecule has 1 aromatic heterocycles. The van der Waals surface area contributed by atoms with E-state index in [1.54, 1.807) is 22.3 Å². The minimum Gasteiger partial charge on any atom is -0.355 e. The largest absolute Gasteiger partial charge is 0.355 e. The van der Waals surface area contributed by atoms with Crippen molar-refractivity contribution in [3.8, 4) is 0 Å². The van der Waals surface area contributed by atoms with Crippen LogP contribution in [0.3, 0.4) is 0 Å². The highest BCUT2D eigenvalue weighted by atomic mass is 32.2. The van der Waals surface area contributed by atoms with E-state index in [9.17, 15) is 13.2 Å². The van der Waals surface area contributed by atoms with Crippen LogP contribution in [0.15, 0.2) is 54.7 Å². The lowest BCUT2D eigenvalue weighted by Crippen LogP contribution is -2.49. The van der Waals surface area contributed by atoms with Gasteiger partial charge in [-0.3, -0.25) is 4.79 Å². The summed E-state index contributed by atoms with van der Waals surface area (Å²) in [5, 5.41) is 2.81. The number of nitrogens with zero attached hydrogens (tertiary/aromatic N) is 3. The molecule has 2 heterocycles. The van der Waals surface area contributed by atoms with E-state index in [2.05, 4.69) is 15.2 Å². The molecule has 1 aromatic carbocycles. The van der Waals surface area contributed by atoms with Gasteiger partial charge in [0.05, 0.1) is 11.5 Å². The molecular weight excluding hydrogens is 420 g/mol. The molecule has 1 saturated heterocycles. The van der Waals surface area contributed by atoms with Crippen LogP contribution in [0, 0.1) is 0 Å². The van der Waals surface area contributed by atoms with Crippen LogP contribution in [0.2, 0.25) is 0 Å². The zero-order valence-electron chi connectivity index (χ0n) is 16.9. The molecule has 1 aliphatic rings. The van der Waals surface area contributed by atoms with E-state index in [0.717, 1.165) is 11.6 Å². The zero-order chi connectivity index (χ0) is 21.2. The smallest absolute Gasteiger partial charge is 0.230 e. The third kappa shape index (κ3) is 7.00. The zero-order valence-corrected chi connectivity index (χ0v) is 18.6. The number of anilines is 1. The number of aromatic nitrogens is 1. The number of hydrogen-bond acceptors (Lipinski definition) is 6. The van der Waals surface area contributed by atoms with Crippen molar-refractivity contribution in [1.82, 2.24) is 14.6 Å². The number of piperazine rings is 1. The van der Waals surface area contributed by atoms with Gasteiger partial charge in [0, 0.05) is 44.7 Å². The molecule has 0 unspecified atom stereocenters. The Morgan fingerprint density at radius 2 is 1.77 bits per heavy atom. The Bertz CT molecular complexity index is 887. The second kappa shape index (κ2) is 11.3. The number of pyridine rings is 1. The molecular formula is C21H28N4O3S2. The topological polar surface area (TPSA) is 82.6 Å². The summed E-state index contributed by atoms with van der Waals surface area (Å²) in [4.78, 5) is 18.3. The molecule has 1 N–H and O–H groups in total. The van der Waals surface area contributed by atoms with Crippen LogP contribution >= 0.6 is 11.8 Å². The number of sulfonamides is 1. The fraction of sp³-hybridized carbons (Fsp3) is 0.429. The Labute approximate surface area is 182 Å². The molecule has 2 aromatic rings. The van der Waals surface area contributed by atoms with Gasteiger partial charge >= 0.3 is 0 Å². The molecule has 162 valence electrons. The molecule has 0 aliphatic carbocycles. The fourth-order valence-corrected chi connectivity index (χ4v) is 5.54. The maximum atomic E-state index is 12.6. The maximum absolute atomic E-state index is 12.6. The molecule has 0 radical (unpaired) electrons. The lowest BCUT2D eigenvalue weighted by Gasteiger charge is -2.34. The average molecular weight is 449 g/mol. The van der Waals surface area contributed by atoms with Crippen LogP contribution in [-0.2, 0) is 20.6 Å². The van der Waals surface area contributed by atoms with Crippen LogP contribution in [0.5, 0.6) is 0 Å². The molecule has 3 rings (SSSR count). The predicted octanol–water partition coefficient (Wildman–Crippen LogP) is 1.97. The van der Waals surface area contributed by atoms with Crippen LogP contribution in [-0.4, -0.2) is 67.8 Å². The van der Waals surface area contributed by atoms with Gasteiger partial charge in [0.1, 0.15) is 5.82 Å². The highest BCUT2D eigenvalue weighted by Gasteiger charge is 2.26. The third-order valence-electron chi connectivity index (χ3n) is 4.85. The predicted molar refractivity (Wildman–Crippen MR) is 122 cm³/mol. The number of rotatable bonds is 10. The summed E-state index contributed by atoms with van der Waals surface area (Å²) in [6, 6.07) is 15.7. The maximum Gasteiger partial charge on any atom is 0.230 e. The molecule has 0 bridgehead atoms. The number of carbonyl (C=O) groups is 1. The molecule has 0 spiro atoms. The first-order valence-corrected chi connectivity index (χ1v) is 12.8. The van der Waals surface area contributed by atoms with Crippen LogP contribution in [0.4, 0.5) is 5.82 Å². The first-order valence-electron chi connectivity index (χ1n) is 10.1. The summed E-state index contributed by atoms with van der Waals surface area (Å²) in [5.41, 5.74) is 1.18. The number of benzene rings is 1. The third-order valence-corrected chi connectivity index (χ3v) is 7.81. The number of hydrogen-bond donors (Lipinski definition) is 1. The molecule has 7 nitrogen and oxygen atoms in total. The van der Waals surface area contributed by atoms with E-state index < -0.39 is 10.0 Å². The normalized spacial score (nSPS) is 15.1. The summed E-state index contributed by atoms with van der Waals surface area (Å²) in [5.74, 6) is 2.03. The SMILES string of the molecule is O=C(CSCc1ccccc1)NCCCS(=O)(=O)N1CCN(c2ccccn2)CC1. The van der Waals surface area contributed by atoms with E-state index >= 15 is 0 Å². The molecule has 1 aliphatic heterocycles. The number of carbonyl (C=O) groups excluding carboxylic acids is 1. The molecule has 0 atom stereocenters. The second-order valence-corrected chi connectivity index (χ2v) is 10.1. The van der Waals surface area contributed by atoms with Gasteiger partial charge in [-0.2, -0.15) is 4.31 Å². The molecule has 9 heteroatoms. The van der Waals surface area contributed by atoms with Crippen molar-refractivity contribution < 1.29 is 13.2 Å². The molecule has 30 heavy (non-hydrogen) atoms. The summed E-state index contributed by atoms with van der Waals surface area (Å²) >= 11 is 1.55. The summed E-state index contributed by atoms with van der Waals surface area (Å²) < 4.78 is 26.7. The van der Waals surface area contributed by atoms with Gasteiger partial charge in [-0.25, -0.2) is 13.4 Å². The molecule has 1 amide bonds. The van der Waals surface area contributed by atoms with Crippen molar-refractivity contribution in [3.63, 3.8) is 0 Å². The van der Waals surface area contributed by atoms with Gasteiger partial charge in [-0.15, -0.1) is 11.8 Å². The number of thioether (sulfide) groups is 1. The summed E-state index contributed by atoms with van der Waals surface area (Å²) in [6.07, 6.45) is 2.16. The Hall–Kier alpha value is -2.10. The van der Waals surface area contributed by atoms with E-state index in [0.29, 0.717) is 44.9 Å². The van der Waals surface area contributed by atoms with Gasteiger partial charge in [0.25, 0.3) is 0 Å². The van der Waals surface area contributed by atoms with Gasteiger partial charge in [0.2, 0.25) is 15.9 Å². The van der Waals surface area contributed by atoms with Gasteiger partial charge < -0.3 is 10.2 Å². The summed E-state index contributed by atoms with van der Waals surface area (Å²) in [7, 11) is -3.31. The minimum atomic E-state index is -3.31. The van der Waals surface area contributed by atoms with E-state index in [1.807, 2.05) is 48.5 Å². The standard InChI is InChI=1S/C21H28N4O3S2/c26-21(18-29-17-19-7-2-1-3-8-19)23-11-6-16-30(27,28)25-14-12-24(13-15-25)20-9-4-5-10-22-20/h1-5,7-10H,6,11-18H2,(H,23,26). The van der Waals surface area contributed by atoms with Gasteiger partial charge in [-0.05, 0) is 24.1 Å².